The van der Waals surface area contributed by atoms with Gasteiger partial charge >= 0.3 is 5.97 Å². The maximum absolute atomic E-state index is 9.60. The topological polar surface area (TPSA) is 85.9 Å². The molecule has 0 unspecified atom stereocenters. The Morgan fingerprint density at radius 1 is 1.62 bits per heavy atom. The predicted molar refractivity (Wildman–Crippen MR) is 26.5 cm³/mol. The van der Waals surface area contributed by atoms with E-state index in [-0.39, 0.29) is 18.3 Å². The Bertz CT molecular complexity index is 78.1. The Labute approximate surface area is 46.4 Å². The van der Waals surface area contributed by atoms with E-state index in [4.69, 9.17) is 5.11 Å². The summed E-state index contributed by atoms with van der Waals surface area (Å²) in [4.78, 5) is 19.0. The van der Waals surface area contributed by atoms with Gasteiger partial charge in [0.1, 0.15) is 6.29 Å². The molecular weight excluding hydrogens is 112 g/mol. The second-order valence-electron chi connectivity index (χ2n) is 1.10. The molecule has 0 amide bonds. The standard InChI is InChI=1S/C4H6O3.H2O/c5-3-1-2-4(6)7;/h3H,1-2H2,(H,6,7);1H2. The minimum atomic E-state index is -0.924. The fourth-order valence-electron chi connectivity index (χ4n) is 0.182. The van der Waals surface area contributed by atoms with Crippen molar-refractivity contribution in [2.24, 2.45) is 0 Å². The molecule has 0 saturated carbocycles. The van der Waals surface area contributed by atoms with Gasteiger partial charge in [-0.05, 0) is 0 Å². The van der Waals surface area contributed by atoms with Crippen LogP contribution in [0.2, 0.25) is 0 Å². The molecule has 0 radical (unpaired) electrons. The lowest BCUT2D eigenvalue weighted by Crippen LogP contribution is -1.93. The highest BCUT2D eigenvalue weighted by atomic mass is 16.4. The smallest absolute Gasteiger partial charge is 0.303 e. The van der Waals surface area contributed by atoms with Crippen LogP contribution in [0.25, 0.3) is 0 Å². The largest absolute Gasteiger partial charge is 0.481 e. The molecule has 0 rings (SSSR count). The SMILES string of the molecule is O.O=CCCC(=O)O. The average Bonchev–Trinajstić information content (AvgIpc) is 1.61. The Hall–Kier alpha value is -0.900. The van der Waals surface area contributed by atoms with Crippen LogP contribution in [0.4, 0.5) is 0 Å². The number of hydrogen-bond acceptors (Lipinski definition) is 2. The van der Waals surface area contributed by atoms with E-state index in [0.717, 1.165) is 0 Å². The summed E-state index contributed by atoms with van der Waals surface area (Å²) in [7, 11) is 0. The Balaban J connectivity index is 0. The van der Waals surface area contributed by atoms with Crippen LogP contribution < -0.4 is 0 Å². The fourth-order valence-corrected chi connectivity index (χ4v) is 0.182. The molecular formula is C4H8O4. The number of aliphatic carboxylic acids is 1. The highest BCUT2D eigenvalue weighted by molar-refractivity contribution is 5.70. The molecule has 0 aromatic rings. The van der Waals surface area contributed by atoms with Crippen molar-refractivity contribution in [2.75, 3.05) is 0 Å². The quantitative estimate of drug-likeness (QED) is 0.496. The zero-order valence-electron chi connectivity index (χ0n) is 4.26. The van der Waals surface area contributed by atoms with Gasteiger partial charge in [-0.2, -0.15) is 0 Å². The van der Waals surface area contributed by atoms with E-state index >= 15 is 0 Å². The maximum Gasteiger partial charge on any atom is 0.303 e. The molecule has 0 aliphatic heterocycles. The van der Waals surface area contributed by atoms with E-state index in [1.54, 1.807) is 0 Å². The van der Waals surface area contributed by atoms with E-state index in [1.807, 2.05) is 0 Å². The van der Waals surface area contributed by atoms with Crippen molar-refractivity contribution in [3.63, 3.8) is 0 Å². The lowest BCUT2D eigenvalue weighted by atomic mass is 10.3. The van der Waals surface area contributed by atoms with Crippen molar-refractivity contribution in [1.29, 1.82) is 0 Å². The molecule has 0 atom stereocenters. The number of hydrogen-bond donors (Lipinski definition) is 1. The van der Waals surface area contributed by atoms with E-state index in [2.05, 4.69) is 0 Å². The molecule has 0 spiro atoms. The third-order valence-corrected chi connectivity index (χ3v) is 0.476. The number of rotatable bonds is 3. The first-order chi connectivity index (χ1) is 3.27. The second kappa shape index (κ2) is 6.10. The van der Waals surface area contributed by atoms with E-state index < -0.39 is 5.97 Å². The summed E-state index contributed by atoms with van der Waals surface area (Å²) in [6.07, 6.45) is 0.660. The van der Waals surface area contributed by atoms with Crippen molar-refractivity contribution in [1.82, 2.24) is 0 Å². The Morgan fingerprint density at radius 2 is 2.12 bits per heavy atom. The summed E-state index contributed by atoms with van der Waals surface area (Å²) in [5.41, 5.74) is 0. The van der Waals surface area contributed by atoms with Gasteiger partial charge in [-0.25, -0.2) is 0 Å². The number of carbonyl (C=O) groups excluding carboxylic acids is 1. The second-order valence-corrected chi connectivity index (χ2v) is 1.10. The van der Waals surface area contributed by atoms with Crippen LogP contribution in [0.3, 0.4) is 0 Å². The monoisotopic (exact) mass is 120 g/mol. The molecule has 0 aromatic carbocycles. The lowest BCUT2D eigenvalue weighted by molar-refractivity contribution is -0.137. The molecule has 8 heavy (non-hydrogen) atoms. The normalized spacial score (nSPS) is 7.00. The highest BCUT2D eigenvalue weighted by Crippen LogP contribution is 1.80. The first-order valence-corrected chi connectivity index (χ1v) is 1.93. The minimum Gasteiger partial charge on any atom is -0.481 e. The van der Waals surface area contributed by atoms with Gasteiger partial charge in [-0.15, -0.1) is 0 Å². The van der Waals surface area contributed by atoms with Crippen molar-refractivity contribution in [3.8, 4) is 0 Å². The van der Waals surface area contributed by atoms with Crippen molar-refractivity contribution in [2.45, 2.75) is 12.8 Å². The zero-order valence-corrected chi connectivity index (χ0v) is 4.26. The molecule has 4 heteroatoms. The Kier molecular flexibility index (Phi) is 7.74. The van der Waals surface area contributed by atoms with Crippen LogP contribution >= 0.6 is 0 Å². The van der Waals surface area contributed by atoms with Gasteiger partial charge in [0.15, 0.2) is 0 Å². The van der Waals surface area contributed by atoms with Gasteiger partial charge < -0.3 is 15.4 Å². The molecule has 4 nitrogen and oxygen atoms in total. The van der Waals surface area contributed by atoms with Gasteiger partial charge in [-0.1, -0.05) is 0 Å². The molecule has 0 heterocycles. The van der Waals surface area contributed by atoms with E-state index in [9.17, 15) is 9.59 Å². The van der Waals surface area contributed by atoms with Gasteiger partial charge in [0.25, 0.3) is 0 Å². The summed E-state index contributed by atoms with van der Waals surface area (Å²) in [6.45, 7) is 0. The Morgan fingerprint density at radius 3 is 2.25 bits per heavy atom. The van der Waals surface area contributed by atoms with Crippen LogP contribution in [0.15, 0.2) is 0 Å². The lowest BCUT2D eigenvalue weighted by Gasteiger charge is -1.79. The van der Waals surface area contributed by atoms with Crippen molar-refractivity contribution in [3.05, 3.63) is 0 Å². The molecule has 0 aliphatic rings. The van der Waals surface area contributed by atoms with Gasteiger partial charge in [0.05, 0.1) is 6.42 Å². The van der Waals surface area contributed by atoms with Crippen LogP contribution in [-0.2, 0) is 9.59 Å². The van der Waals surface area contributed by atoms with Crippen molar-refractivity contribution < 1.29 is 20.2 Å². The minimum absolute atomic E-state index is 0. The van der Waals surface area contributed by atoms with Gasteiger partial charge in [0, 0.05) is 6.42 Å². The number of carbonyl (C=O) groups is 2. The molecule has 0 bridgehead atoms. The summed E-state index contributed by atoms with van der Waals surface area (Å²) < 4.78 is 0. The van der Waals surface area contributed by atoms with Crippen LogP contribution in [0.5, 0.6) is 0 Å². The van der Waals surface area contributed by atoms with Crippen LogP contribution in [0, 0.1) is 0 Å². The summed E-state index contributed by atoms with van der Waals surface area (Å²) >= 11 is 0. The third-order valence-electron chi connectivity index (χ3n) is 0.476. The van der Waals surface area contributed by atoms with Gasteiger partial charge in [-0.3, -0.25) is 4.79 Å². The highest BCUT2D eigenvalue weighted by Gasteiger charge is 1.91. The predicted octanol–water partition coefficient (Wildman–Crippen LogP) is -0.775. The molecule has 0 aromatic heterocycles. The van der Waals surface area contributed by atoms with Gasteiger partial charge in [0.2, 0.25) is 0 Å². The third kappa shape index (κ3) is 8.92. The first-order valence-electron chi connectivity index (χ1n) is 1.93. The average molecular weight is 120 g/mol. The number of aldehydes is 1. The summed E-state index contributed by atoms with van der Waals surface area (Å²) in [5, 5.41) is 7.89. The molecule has 0 aliphatic carbocycles. The molecule has 0 saturated heterocycles. The maximum atomic E-state index is 9.60. The summed E-state index contributed by atoms with van der Waals surface area (Å²) in [5.74, 6) is -0.924. The zero-order chi connectivity index (χ0) is 5.70. The fraction of sp³-hybridized carbons (Fsp3) is 0.500. The first kappa shape index (κ1) is 10.2. The molecule has 48 valence electrons. The van der Waals surface area contributed by atoms with Crippen LogP contribution in [0.1, 0.15) is 12.8 Å². The number of carboxylic acid groups (broad SMARTS) is 1. The van der Waals surface area contributed by atoms with E-state index in [0.29, 0.717) is 6.29 Å². The van der Waals surface area contributed by atoms with Crippen LogP contribution in [-0.4, -0.2) is 22.8 Å². The van der Waals surface area contributed by atoms with E-state index in [1.165, 1.54) is 0 Å². The van der Waals surface area contributed by atoms with Crippen molar-refractivity contribution >= 4 is 12.3 Å². The molecule has 3 N–H and O–H groups in total. The summed E-state index contributed by atoms with van der Waals surface area (Å²) in [6, 6.07) is 0. The molecule has 0 fully saturated rings. The number of carboxylic acids is 1.